The Morgan fingerprint density at radius 3 is 2.25 bits per heavy atom. The van der Waals surface area contributed by atoms with Crippen molar-refractivity contribution >= 4 is 5.69 Å². The Morgan fingerprint density at radius 1 is 1.25 bits per heavy atom. The maximum atomic E-state index is 12.4. The topological polar surface area (TPSA) is 48.1 Å². The molecule has 0 saturated heterocycles. The Labute approximate surface area is 91.4 Å². The molecule has 0 saturated carbocycles. The predicted molar refractivity (Wildman–Crippen MR) is 54.0 cm³/mol. The van der Waals surface area contributed by atoms with Crippen LogP contribution < -0.4 is 10.5 Å². The molecule has 90 valence electrons. The number of nitrogen functional groups attached to an aromatic ring is 1. The molecule has 0 spiro atoms. The number of nitrogens with zero attached hydrogens (tertiary/aromatic N) is 1. The third-order valence-electron chi connectivity index (χ3n) is 1.60. The molecule has 0 fully saturated rings. The van der Waals surface area contributed by atoms with Crippen LogP contribution in [0.4, 0.5) is 18.9 Å². The van der Waals surface area contributed by atoms with Crippen LogP contribution in [-0.4, -0.2) is 10.6 Å². The fraction of sp³-hybridized carbons (Fsp3) is 0.500. The largest absolute Gasteiger partial charge is 0.486 e. The minimum atomic E-state index is -4.50. The van der Waals surface area contributed by atoms with Crippen molar-refractivity contribution in [2.45, 2.75) is 32.5 Å². The minimum Gasteiger partial charge on any atom is -0.486 e. The highest BCUT2D eigenvalue weighted by Crippen LogP contribution is 2.33. The quantitative estimate of drug-likeness (QED) is 0.812. The van der Waals surface area contributed by atoms with Crippen molar-refractivity contribution in [2.24, 2.45) is 0 Å². The number of halogens is 3. The van der Waals surface area contributed by atoms with E-state index < -0.39 is 17.5 Å². The molecule has 0 radical (unpaired) electrons. The second-order valence-electron chi connectivity index (χ2n) is 4.32. The molecule has 1 aromatic rings. The maximum Gasteiger partial charge on any atom is 0.433 e. The van der Waals surface area contributed by atoms with E-state index in [4.69, 9.17) is 10.5 Å². The van der Waals surface area contributed by atoms with Gasteiger partial charge < -0.3 is 10.5 Å². The molecule has 1 aromatic heterocycles. The molecule has 16 heavy (non-hydrogen) atoms. The molecule has 0 aliphatic heterocycles. The standard InChI is InChI=1S/C10H13F3N2O/c1-9(2,3)16-7-4-8(10(11,12)13)15-5-6(7)14/h4-5H,14H2,1-3H3. The van der Waals surface area contributed by atoms with E-state index in [0.717, 1.165) is 12.3 Å². The zero-order valence-electron chi connectivity index (χ0n) is 9.22. The number of ether oxygens (including phenoxy) is 1. The Balaban J connectivity index is 3.10. The van der Waals surface area contributed by atoms with Crippen molar-refractivity contribution in [1.29, 1.82) is 0 Å². The summed E-state index contributed by atoms with van der Waals surface area (Å²) in [7, 11) is 0. The number of anilines is 1. The molecule has 3 nitrogen and oxygen atoms in total. The van der Waals surface area contributed by atoms with Gasteiger partial charge in [-0.2, -0.15) is 13.2 Å². The van der Waals surface area contributed by atoms with E-state index >= 15 is 0 Å². The smallest absolute Gasteiger partial charge is 0.433 e. The van der Waals surface area contributed by atoms with Crippen LogP contribution in [0.15, 0.2) is 12.3 Å². The van der Waals surface area contributed by atoms with E-state index in [9.17, 15) is 13.2 Å². The lowest BCUT2D eigenvalue weighted by Gasteiger charge is -2.22. The van der Waals surface area contributed by atoms with Gasteiger partial charge in [-0.1, -0.05) is 0 Å². The van der Waals surface area contributed by atoms with Crippen LogP contribution in [-0.2, 0) is 6.18 Å². The van der Waals surface area contributed by atoms with Gasteiger partial charge in [0.05, 0.1) is 11.9 Å². The first-order valence-electron chi connectivity index (χ1n) is 4.61. The summed E-state index contributed by atoms with van der Waals surface area (Å²) in [6, 6.07) is 0.806. The van der Waals surface area contributed by atoms with Crippen molar-refractivity contribution < 1.29 is 17.9 Å². The van der Waals surface area contributed by atoms with Crippen molar-refractivity contribution in [2.75, 3.05) is 5.73 Å². The zero-order valence-corrected chi connectivity index (χ0v) is 9.22. The van der Waals surface area contributed by atoms with Crippen molar-refractivity contribution in [3.8, 4) is 5.75 Å². The van der Waals surface area contributed by atoms with Gasteiger partial charge in [0.15, 0.2) is 0 Å². The van der Waals surface area contributed by atoms with Crippen LogP contribution in [0, 0.1) is 0 Å². The molecular formula is C10H13F3N2O. The van der Waals surface area contributed by atoms with Crippen LogP contribution in [0.3, 0.4) is 0 Å². The van der Waals surface area contributed by atoms with Gasteiger partial charge in [-0.05, 0) is 20.8 Å². The lowest BCUT2D eigenvalue weighted by atomic mass is 10.2. The van der Waals surface area contributed by atoms with Crippen LogP contribution >= 0.6 is 0 Å². The molecule has 0 bridgehead atoms. The molecule has 0 unspecified atom stereocenters. The van der Waals surface area contributed by atoms with Gasteiger partial charge in [0.2, 0.25) is 0 Å². The Bertz CT molecular complexity index is 383. The SMILES string of the molecule is CC(C)(C)Oc1cc(C(F)(F)F)ncc1N. The molecule has 0 amide bonds. The number of rotatable bonds is 1. The highest BCUT2D eigenvalue weighted by molar-refractivity contribution is 5.51. The summed E-state index contributed by atoms with van der Waals surface area (Å²) in [6.45, 7) is 5.17. The number of hydrogen-bond donors (Lipinski definition) is 1. The summed E-state index contributed by atoms with van der Waals surface area (Å²) >= 11 is 0. The van der Waals surface area contributed by atoms with Gasteiger partial charge in [0, 0.05) is 6.07 Å². The van der Waals surface area contributed by atoms with Crippen molar-refractivity contribution in [1.82, 2.24) is 4.98 Å². The zero-order chi connectivity index (χ0) is 12.6. The minimum absolute atomic E-state index is 0.00479. The van der Waals surface area contributed by atoms with Crippen LogP contribution in [0.1, 0.15) is 26.5 Å². The van der Waals surface area contributed by atoms with E-state index in [0.29, 0.717) is 0 Å². The third kappa shape index (κ3) is 3.29. The van der Waals surface area contributed by atoms with Crippen LogP contribution in [0.2, 0.25) is 0 Å². The number of aromatic nitrogens is 1. The highest BCUT2D eigenvalue weighted by atomic mass is 19.4. The van der Waals surface area contributed by atoms with Gasteiger partial charge in [-0.25, -0.2) is 4.98 Å². The molecule has 1 rings (SSSR count). The first-order valence-corrected chi connectivity index (χ1v) is 4.61. The third-order valence-corrected chi connectivity index (χ3v) is 1.60. The molecule has 6 heteroatoms. The highest BCUT2D eigenvalue weighted by Gasteiger charge is 2.33. The first-order chi connectivity index (χ1) is 7.09. The maximum absolute atomic E-state index is 12.4. The number of pyridine rings is 1. The molecule has 0 atom stereocenters. The molecule has 0 aliphatic carbocycles. The Hall–Kier alpha value is -1.46. The van der Waals surface area contributed by atoms with E-state index in [1.807, 2.05) is 0 Å². The first kappa shape index (κ1) is 12.6. The molecular weight excluding hydrogens is 221 g/mol. The lowest BCUT2D eigenvalue weighted by molar-refractivity contribution is -0.141. The summed E-state index contributed by atoms with van der Waals surface area (Å²) < 4.78 is 42.4. The van der Waals surface area contributed by atoms with Crippen LogP contribution in [0.25, 0.3) is 0 Å². The van der Waals surface area contributed by atoms with E-state index in [-0.39, 0.29) is 11.4 Å². The summed E-state index contributed by atoms with van der Waals surface area (Å²) in [4.78, 5) is 3.21. The van der Waals surface area contributed by atoms with E-state index in [2.05, 4.69) is 4.98 Å². The Morgan fingerprint density at radius 2 is 1.81 bits per heavy atom. The van der Waals surface area contributed by atoms with Gasteiger partial charge in [-0.3, -0.25) is 0 Å². The Kier molecular flexibility index (Phi) is 3.03. The summed E-state index contributed by atoms with van der Waals surface area (Å²) in [5, 5.41) is 0. The van der Waals surface area contributed by atoms with Crippen molar-refractivity contribution in [3.05, 3.63) is 18.0 Å². The predicted octanol–water partition coefficient (Wildman–Crippen LogP) is 2.86. The fourth-order valence-corrected chi connectivity index (χ4v) is 1.02. The van der Waals surface area contributed by atoms with Gasteiger partial charge in [0.1, 0.15) is 17.0 Å². The second-order valence-corrected chi connectivity index (χ2v) is 4.32. The normalized spacial score (nSPS) is 12.6. The molecule has 1 heterocycles. The van der Waals surface area contributed by atoms with Gasteiger partial charge in [-0.15, -0.1) is 0 Å². The molecule has 0 aromatic carbocycles. The monoisotopic (exact) mass is 234 g/mol. The van der Waals surface area contributed by atoms with Gasteiger partial charge in [0.25, 0.3) is 0 Å². The molecule has 0 aliphatic rings. The number of hydrogen-bond acceptors (Lipinski definition) is 3. The van der Waals surface area contributed by atoms with Gasteiger partial charge >= 0.3 is 6.18 Å². The number of nitrogens with two attached hydrogens (primary N) is 1. The average Bonchev–Trinajstić information content (AvgIpc) is 2.04. The lowest BCUT2D eigenvalue weighted by Crippen LogP contribution is -2.24. The fourth-order valence-electron chi connectivity index (χ4n) is 1.02. The van der Waals surface area contributed by atoms with E-state index in [1.54, 1.807) is 20.8 Å². The van der Waals surface area contributed by atoms with Crippen LogP contribution in [0.5, 0.6) is 5.75 Å². The molecule has 2 N–H and O–H groups in total. The summed E-state index contributed by atoms with van der Waals surface area (Å²) in [5.41, 5.74) is 3.95. The second kappa shape index (κ2) is 3.84. The number of alkyl halides is 3. The average molecular weight is 234 g/mol. The summed E-state index contributed by atoms with van der Waals surface area (Å²) in [5.74, 6) is -0.00479. The summed E-state index contributed by atoms with van der Waals surface area (Å²) in [6.07, 6.45) is -3.55. The van der Waals surface area contributed by atoms with E-state index in [1.165, 1.54) is 0 Å². The van der Waals surface area contributed by atoms with Crippen molar-refractivity contribution in [3.63, 3.8) is 0 Å².